The minimum atomic E-state index is 0.251. The number of aliphatic hydroxyl groups excluding tert-OH is 1. The summed E-state index contributed by atoms with van der Waals surface area (Å²) in [6, 6.07) is 12.8. The van der Waals surface area contributed by atoms with Crippen LogP contribution in [0.2, 0.25) is 0 Å². The van der Waals surface area contributed by atoms with Gasteiger partial charge in [0.1, 0.15) is 0 Å². The Balaban J connectivity index is 2.01. The van der Waals surface area contributed by atoms with Crippen molar-refractivity contribution < 1.29 is 5.11 Å². The van der Waals surface area contributed by atoms with Crippen molar-refractivity contribution in [3.8, 4) is 0 Å². The molecule has 0 aliphatic heterocycles. The van der Waals surface area contributed by atoms with E-state index in [1.54, 1.807) is 18.0 Å². The van der Waals surface area contributed by atoms with Crippen LogP contribution in [0.3, 0.4) is 0 Å². The lowest BCUT2D eigenvalue weighted by Gasteiger charge is -2.24. The monoisotopic (exact) mass is 316 g/mol. The summed E-state index contributed by atoms with van der Waals surface area (Å²) in [6.07, 6.45) is 4.57. The maximum absolute atomic E-state index is 8.82. The van der Waals surface area contributed by atoms with Gasteiger partial charge >= 0.3 is 0 Å². The van der Waals surface area contributed by atoms with Crippen molar-refractivity contribution in [1.82, 2.24) is 4.98 Å². The second-order valence-electron chi connectivity index (χ2n) is 5.60. The molecule has 4 heteroatoms. The number of aliphatic hydroxyl groups is 1. The molecule has 1 heterocycles. The summed E-state index contributed by atoms with van der Waals surface area (Å²) in [7, 11) is 0. The normalized spacial score (nSPS) is 12.4. The fourth-order valence-corrected chi connectivity index (χ4v) is 3.11. The molecular weight excluding hydrogens is 292 g/mol. The zero-order chi connectivity index (χ0) is 15.8. The fraction of sp³-hybridized carbons (Fsp3) is 0.389. The smallest absolute Gasteiger partial charge is 0.0551 e. The molecule has 1 aromatic heterocycles. The van der Waals surface area contributed by atoms with Crippen LogP contribution in [0.1, 0.15) is 31.9 Å². The topological polar surface area (TPSA) is 45.1 Å². The second-order valence-corrected chi connectivity index (χ2v) is 6.77. The van der Waals surface area contributed by atoms with Gasteiger partial charge in [-0.25, -0.2) is 0 Å². The molecular formula is C18H24N2OS. The van der Waals surface area contributed by atoms with Crippen LogP contribution in [0.15, 0.2) is 53.7 Å². The van der Waals surface area contributed by atoms with Crippen molar-refractivity contribution in [3.63, 3.8) is 0 Å². The number of thioether (sulfide) groups is 1. The standard InChI is InChI=1S/C18H24N2OS/c1-14(2)18(15-5-3-10-19-13-15)20-16-6-8-17(9-7-16)22-12-4-11-21/h3,5-10,13-14,18,20-21H,4,11-12H2,1-2H3. The zero-order valence-electron chi connectivity index (χ0n) is 13.2. The third-order valence-electron chi connectivity index (χ3n) is 3.46. The van der Waals surface area contributed by atoms with E-state index in [-0.39, 0.29) is 12.6 Å². The summed E-state index contributed by atoms with van der Waals surface area (Å²) < 4.78 is 0. The van der Waals surface area contributed by atoms with E-state index < -0.39 is 0 Å². The molecule has 3 nitrogen and oxygen atoms in total. The van der Waals surface area contributed by atoms with Crippen LogP contribution in [0.5, 0.6) is 0 Å². The molecule has 1 atom stereocenters. The molecule has 0 spiro atoms. The van der Waals surface area contributed by atoms with E-state index in [4.69, 9.17) is 5.11 Å². The molecule has 0 aliphatic rings. The largest absolute Gasteiger partial charge is 0.396 e. The van der Waals surface area contributed by atoms with Crippen LogP contribution in [-0.2, 0) is 0 Å². The van der Waals surface area contributed by atoms with Gasteiger partial charge in [0.2, 0.25) is 0 Å². The Hall–Kier alpha value is -1.52. The first-order valence-electron chi connectivity index (χ1n) is 7.71. The lowest BCUT2D eigenvalue weighted by atomic mass is 9.97. The van der Waals surface area contributed by atoms with Crippen molar-refractivity contribution in [1.29, 1.82) is 0 Å². The second kappa shape index (κ2) is 8.81. The number of hydrogen-bond acceptors (Lipinski definition) is 4. The Morgan fingerprint density at radius 2 is 1.95 bits per heavy atom. The SMILES string of the molecule is CC(C)C(Nc1ccc(SCCCO)cc1)c1cccnc1. The highest BCUT2D eigenvalue weighted by Crippen LogP contribution is 2.27. The van der Waals surface area contributed by atoms with Crippen molar-refractivity contribution >= 4 is 17.4 Å². The van der Waals surface area contributed by atoms with E-state index in [0.29, 0.717) is 5.92 Å². The predicted octanol–water partition coefficient (Wildman–Crippen LogP) is 4.37. The molecule has 0 saturated heterocycles. The molecule has 2 N–H and O–H groups in total. The van der Waals surface area contributed by atoms with E-state index in [1.165, 1.54) is 10.5 Å². The quantitative estimate of drug-likeness (QED) is 0.561. The first kappa shape index (κ1) is 16.8. The van der Waals surface area contributed by atoms with E-state index in [9.17, 15) is 0 Å². The van der Waals surface area contributed by atoms with E-state index >= 15 is 0 Å². The molecule has 118 valence electrons. The van der Waals surface area contributed by atoms with Crippen LogP contribution in [-0.4, -0.2) is 22.5 Å². The molecule has 0 saturated carbocycles. The number of pyridine rings is 1. The Morgan fingerprint density at radius 3 is 2.55 bits per heavy atom. The number of hydrogen-bond donors (Lipinski definition) is 2. The molecule has 2 aromatic rings. The summed E-state index contributed by atoms with van der Waals surface area (Å²) in [5, 5.41) is 12.4. The maximum atomic E-state index is 8.82. The predicted molar refractivity (Wildman–Crippen MR) is 94.3 cm³/mol. The van der Waals surface area contributed by atoms with E-state index in [2.05, 4.69) is 54.5 Å². The summed E-state index contributed by atoms with van der Waals surface area (Å²) in [6.45, 7) is 4.68. The molecule has 2 rings (SSSR count). The highest BCUT2D eigenvalue weighted by molar-refractivity contribution is 7.99. The Labute approximate surface area is 137 Å². The van der Waals surface area contributed by atoms with Crippen LogP contribution < -0.4 is 5.32 Å². The van der Waals surface area contributed by atoms with Crippen LogP contribution in [0.25, 0.3) is 0 Å². The number of aromatic nitrogens is 1. The highest BCUT2D eigenvalue weighted by Gasteiger charge is 2.15. The van der Waals surface area contributed by atoms with Crippen LogP contribution in [0.4, 0.5) is 5.69 Å². The Kier molecular flexibility index (Phi) is 6.74. The molecule has 0 radical (unpaired) electrons. The fourth-order valence-electron chi connectivity index (χ4n) is 2.28. The van der Waals surface area contributed by atoms with Crippen LogP contribution in [0, 0.1) is 5.92 Å². The number of rotatable bonds is 8. The van der Waals surface area contributed by atoms with Gasteiger partial charge in [-0.15, -0.1) is 11.8 Å². The molecule has 0 aliphatic carbocycles. The van der Waals surface area contributed by atoms with Gasteiger partial charge < -0.3 is 10.4 Å². The number of nitrogens with one attached hydrogen (secondary N) is 1. The summed E-state index contributed by atoms with van der Waals surface area (Å²) >= 11 is 1.78. The average molecular weight is 316 g/mol. The van der Waals surface area contributed by atoms with Gasteiger partial charge in [-0.2, -0.15) is 0 Å². The van der Waals surface area contributed by atoms with Gasteiger partial charge in [0, 0.05) is 35.3 Å². The van der Waals surface area contributed by atoms with Crippen molar-refractivity contribution in [2.24, 2.45) is 5.92 Å². The van der Waals surface area contributed by atoms with E-state index in [0.717, 1.165) is 17.9 Å². The first-order valence-corrected chi connectivity index (χ1v) is 8.69. The van der Waals surface area contributed by atoms with Gasteiger partial charge in [0.15, 0.2) is 0 Å². The van der Waals surface area contributed by atoms with Gasteiger partial charge in [0.25, 0.3) is 0 Å². The Morgan fingerprint density at radius 1 is 1.18 bits per heavy atom. The molecule has 0 bridgehead atoms. The lowest BCUT2D eigenvalue weighted by molar-refractivity contribution is 0.296. The summed E-state index contributed by atoms with van der Waals surface area (Å²) in [4.78, 5) is 5.46. The summed E-state index contributed by atoms with van der Waals surface area (Å²) in [5.74, 6) is 1.43. The number of nitrogens with zero attached hydrogens (tertiary/aromatic N) is 1. The molecule has 0 fully saturated rings. The molecule has 22 heavy (non-hydrogen) atoms. The minimum absolute atomic E-state index is 0.251. The van der Waals surface area contributed by atoms with Crippen LogP contribution >= 0.6 is 11.8 Å². The first-order chi connectivity index (χ1) is 10.7. The third kappa shape index (κ3) is 5.04. The van der Waals surface area contributed by atoms with Gasteiger partial charge in [-0.3, -0.25) is 4.98 Å². The molecule has 1 unspecified atom stereocenters. The average Bonchev–Trinajstić information content (AvgIpc) is 2.55. The van der Waals surface area contributed by atoms with Crippen molar-refractivity contribution in [2.45, 2.75) is 31.2 Å². The Bertz CT molecular complexity index is 543. The number of anilines is 1. The third-order valence-corrected chi connectivity index (χ3v) is 4.56. The summed E-state index contributed by atoms with van der Waals surface area (Å²) in [5.41, 5.74) is 2.33. The van der Waals surface area contributed by atoms with Crippen molar-refractivity contribution in [3.05, 3.63) is 54.4 Å². The highest BCUT2D eigenvalue weighted by atomic mass is 32.2. The van der Waals surface area contributed by atoms with E-state index in [1.807, 2.05) is 12.3 Å². The van der Waals surface area contributed by atoms with Crippen molar-refractivity contribution in [2.75, 3.05) is 17.7 Å². The lowest BCUT2D eigenvalue weighted by Crippen LogP contribution is -2.16. The van der Waals surface area contributed by atoms with Gasteiger partial charge in [-0.1, -0.05) is 19.9 Å². The minimum Gasteiger partial charge on any atom is -0.396 e. The maximum Gasteiger partial charge on any atom is 0.0551 e. The van der Waals surface area contributed by atoms with Gasteiger partial charge in [0.05, 0.1) is 6.04 Å². The zero-order valence-corrected chi connectivity index (χ0v) is 14.0. The van der Waals surface area contributed by atoms with Gasteiger partial charge in [-0.05, 0) is 48.2 Å². The molecule has 0 amide bonds. The number of benzene rings is 1. The molecule has 1 aromatic carbocycles.